The Morgan fingerprint density at radius 1 is 0.500 bits per heavy atom. The van der Waals surface area contributed by atoms with Gasteiger partial charge in [-0.2, -0.15) is 0 Å². The minimum atomic E-state index is -0.782. The first-order valence-electron chi connectivity index (χ1n) is 28.7. The molecule has 0 spiro atoms. The van der Waals surface area contributed by atoms with E-state index in [1.165, 1.54) is 0 Å². The number of carbonyl (C=O) groups excluding carboxylic acids is 5. The number of hydrogen-bond donors (Lipinski definition) is 8. The number of anilines is 4. The third kappa shape index (κ3) is 24.5. The molecule has 452 valence electrons. The number of para-hydroxylation sites is 4. The molecule has 0 unspecified atom stereocenters. The largest absolute Gasteiger partial charge is 0.481 e. The Morgan fingerprint density at radius 2 is 0.837 bits per heavy atom. The van der Waals surface area contributed by atoms with E-state index in [1.807, 2.05) is 221 Å². The minimum Gasteiger partial charge on any atom is -0.481 e. The number of benzene rings is 7. The average Bonchev–Trinajstić information content (AvgIpc) is 3.65. The first-order chi connectivity index (χ1) is 41.5. The van der Waals surface area contributed by atoms with Crippen LogP contribution < -0.4 is 37.2 Å². The van der Waals surface area contributed by atoms with Gasteiger partial charge in [-0.25, -0.2) is 14.4 Å². The van der Waals surface area contributed by atoms with Gasteiger partial charge in [0.1, 0.15) is 25.9 Å². The number of fused-ring (bicyclic) bond motifs is 2. The Labute approximate surface area is 503 Å². The molecule has 1 saturated heterocycles. The van der Waals surface area contributed by atoms with Gasteiger partial charge < -0.3 is 56.0 Å². The molecule has 8 N–H and O–H groups in total. The van der Waals surface area contributed by atoms with Crippen molar-refractivity contribution in [3.05, 3.63) is 228 Å². The maximum absolute atomic E-state index is 12.0. The van der Waals surface area contributed by atoms with Gasteiger partial charge in [-0.15, -0.1) is 0 Å². The van der Waals surface area contributed by atoms with Crippen LogP contribution in [0, 0.1) is 0 Å². The molecule has 3 aliphatic heterocycles. The summed E-state index contributed by atoms with van der Waals surface area (Å²) in [7, 11) is 0. The molecule has 86 heavy (non-hydrogen) atoms. The Kier molecular flexibility index (Phi) is 26.8. The molecular weight excluding hydrogens is 1090 g/mol. The van der Waals surface area contributed by atoms with Gasteiger partial charge in [0.2, 0.25) is 5.91 Å². The SMILES string of the molecule is C[C@@H](CC(=O)NC(=O)OCc1ccccc1)Nc1ccccc1.C[C@@H](CC(=O)O)Nc1ccccc1.C[C@@H]1CC(=O)O1.C[C@H]1C[C@@H](NC(=O)OCc2ccccc2)c2ccccc2N1.C[C@H]1C[C@@H](NC(=O)OCc2ccccc2)c2ccccc2N1. The van der Waals surface area contributed by atoms with Gasteiger partial charge in [0, 0.05) is 53.3 Å². The first kappa shape index (κ1) is 65.3. The summed E-state index contributed by atoms with van der Waals surface area (Å²) in [6.45, 7) is 10.5. The number of alkyl carbamates (subject to hydrolysis) is 3. The van der Waals surface area contributed by atoms with Crippen molar-refractivity contribution in [2.24, 2.45) is 0 Å². The molecule has 0 bridgehead atoms. The van der Waals surface area contributed by atoms with Crippen LogP contribution in [0.25, 0.3) is 0 Å². The van der Waals surface area contributed by atoms with Crippen molar-refractivity contribution in [2.45, 2.75) is 129 Å². The van der Waals surface area contributed by atoms with E-state index in [2.05, 4.69) is 55.8 Å². The highest BCUT2D eigenvalue weighted by molar-refractivity contribution is 5.92. The molecule has 18 heteroatoms. The number of rotatable bonds is 16. The lowest BCUT2D eigenvalue weighted by atomic mass is 9.94. The summed E-state index contributed by atoms with van der Waals surface area (Å²) in [4.78, 5) is 67.7. The highest BCUT2D eigenvalue weighted by Gasteiger charge is 2.27. The smallest absolute Gasteiger partial charge is 0.414 e. The topological polar surface area (TPSA) is 244 Å². The number of cyclic esters (lactones) is 1. The van der Waals surface area contributed by atoms with Crippen molar-refractivity contribution in [2.75, 3.05) is 21.3 Å². The number of hydrogen-bond acceptors (Lipinski definition) is 14. The van der Waals surface area contributed by atoms with Crippen LogP contribution in [0.1, 0.15) is 107 Å². The third-order valence-electron chi connectivity index (χ3n) is 13.3. The van der Waals surface area contributed by atoms with Crippen molar-refractivity contribution in [1.29, 1.82) is 0 Å². The number of carbonyl (C=O) groups is 6. The monoisotopic (exact) mass is 1170 g/mol. The highest BCUT2D eigenvalue weighted by Crippen LogP contribution is 2.33. The zero-order chi connectivity index (χ0) is 61.5. The lowest BCUT2D eigenvalue weighted by Gasteiger charge is -2.31. The molecule has 7 atom stereocenters. The molecule has 0 aliphatic carbocycles. The molecule has 0 aromatic heterocycles. The second-order valence-corrected chi connectivity index (χ2v) is 21.0. The summed E-state index contributed by atoms with van der Waals surface area (Å²) in [5, 5.41) is 29.8. The van der Waals surface area contributed by atoms with Gasteiger partial charge in [-0.3, -0.25) is 19.7 Å². The predicted octanol–water partition coefficient (Wildman–Crippen LogP) is 13.3. The maximum Gasteiger partial charge on any atom is 0.414 e. The van der Waals surface area contributed by atoms with Crippen LogP contribution in [0.5, 0.6) is 0 Å². The number of carboxylic acid groups (broad SMARTS) is 1. The van der Waals surface area contributed by atoms with E-state index in [4.69, 9.17) is 19.3 Å². The normalized spacial score (nSPS) is 17.1. The zero-order valence-electron chi connectivity index (χ0n) is 49.3. The average molecular weight is 1170 g/mol. The van der Waals surface area contributed by atoms with Gasteiger partial charge in [-0.1, -0.05) is 164 Å². The van der Waals surface area contributed by atoms with Gasteiger partial charge in [0.25, 0.3) is 0 Å². The number of carboxylic acids is 1. The Hall–Kier alpha value is -9.84. The van der Waals surface area contributed by atoms with Crippen LogP contribution in [-0.4, -0.2) is 71.5 Å². The quantitative estimate of drug-likeness (QED) is 0.0331. The second-order valence-electron chi connectivity index (χ2n) is 21.0. The molecule has 7 aromatic carbocycles. The highest BCUT2D eigenvalue weighted by atomic mass is 16.6. The molecular formula is C68H79N7O11. The fourth-order valence-corrected chi connectivity index (χ4v) is 9.22. The number of ether oxygens (including phenoxy) is 4. The second kappa shape index (κ2) is 35.3. The summed E-state index contributed by atoms with van der Waals surface area (Å²) >= 11 is 0. The molecule has 0 saturated carbocycles. The lowest BCUT2D eigenvalue weighted by molar-refractivity contribution is -0.167. The fraction of sp³-hybridized carbons (Fsp3) is 0.294. The number of nitrogens with one attached hydrogen (secondary N) is 7. The van der Waals surface area contributed by atoms with Gasteiger partial charge in [-0.05, 0) is 112 Å². The zero-order valence-corrected chi connectivity index (χ0v) is 49.3. The van der Waals surface area contributed by atoms with E-state index in [1.54, 1.807) is 0 Å². The summed E-state index contributed by atoms with van der Waals surface area (Å²) in [6.07, 6.45) is 1.32. The fourth-order valence-electron chi connectivity index (χ4n) is 9.22. The van der Waals surface area contributed by atoms with Crippen LogP contribution in [0.15, 0.2) is 200 Å². The molecule has 18 nitrogen and oxygen atoms in total. The van der Waals surface area contributed by atoms with E-state index in [0.717, 1.165) is 63.4 Å². The van der Waals surface area contributed by atoms with Crippen molar-refractivity contribution < 1.29 is 52.8 Å². The maximum atomic E-state index is 12.0. The van der Waals surface area contributed by atoms with E-state index in [0.29, 0.717) is 18.5 Å². The third-order valence-corrected chi connectivity index (χ3v) is 13.3. The molecule has 0 radical (unpaired) electrons. The van der Waals surface area contributed by atoms with Crippen molar-refractivity contribution >= 4 is 58.9 Å². The first-order valence-corrected chi connectivity index (χ1v) is 28.7. The van der Waals surface area contributed by atoms with Crippen LogP contribution >= 0.6 is 0 Å². The summed E-state index contributed by atoms with van der Waals surface area (Å²) in [5.74, 6) is -1.22. The molecule has 3 heterocycles. The Balaban J connectivity index is 0.000000180. The predicted molar refractivity (Wildman–Crippen MR) is 334 cm³/mol. The van der Waals surface area contributed by atoms with Gasteiger partial charge in [0.15, 0.2) is 0 Å². The van der Waals surface area contributed by atoms with Crippen LogP contribution in [-0.2, 0) is 53.2 Å². The number of aliphatic carboxylic acids is 1. The molecule has 1 fully saturated rings. The summed E-state index contributed by atoms with van der Waals surface area (Å²) in [5.41, 5.74) is 9.09. The van der Waals surface area contributed by atoms with Gasteiger partial charge >= 0.3 is 30.2 Å². The molecule has 10 rings (SSSR count). The Bertz CT molecular complexity index is 3060. The van der Waals surface area contributed by atoms with Crippen LogP contribution in [0.3, 0.4) is 0 Å². The molecule has 7 aromatic rings. The summed E-state index contributed by atoms with van der Waals surface area (Å²) in [6, 6.07) is 64.4. The lowest BCUT2D eigenvalue weighted by Crippen LogP contribution is -2.36. The van der Waals surface area contributed by atoms with E-state index in [9.17, 15) is 28.8 Å². The van der Waals surface area contributed by atoms with Crippen molar-refractivity contribution in [3.63, 3.8) is 0 Å². The van der Waals surface area contributed by atoms with Crippen molar-refractivity contribution in [1.82, 2.24) is 16.0 Å². The Morgan fingerprint density at radius 3 is 1.19 bits per heavy atom. The minimum absolute atomic E-state index is 0.0178. The van der Waals surface area contributed by atoms with Crippen LogP contribution in [0.2, 0.25) is 0 Å². The van der Waals surface area contributed by atoms with E-state index >= 15 is 0 Å². The molecule has 3 aliphatic rings. The number of amides is 4. The van der Waals surface area contributed by atoms with E-state index < -0.39 is 12.1 Å². The molecule has 4 amide bonds. The van der Waals surface area contributed by atoms with E-state index in [-0.39, 0.29) is 87.0 Å². The van der Waals surface area contributed by atoms with Crippen LogP contribution in [0.4, 0.5) is 37.1 Å². The van der Waals surface area contributed by atoms with Crippen molar-refractivity contribution in [3.8, 4) is 0 Å². The standard InChI is InChI=1S/C18H20N2O3.2C18H20N2O2.C10H13NO2.C4H6O2/c1-14(19-16-10-6-3-7-11-16)12-17(21)20-18(22)23-13-15-8-4-2-5-9-15;2*1-13-11-17(15-9-5-6-10-16(15)19-13)20-18(21)22-12-14-7-3-2-4-8-14;1-8(7-10(12)13)11-9-5-3-2-4-6-9;1-3-2-4(5)6-3/h2-11,14,19H,12-13H2,1H3,(H,20,21,22);2*2-10,13,17,19H,11-12H2,1H3,(H,20,21);2-6,8,11H,7H2,1H3,(H,12,13);3H,2H2,1H3/t14-;2*13-,17+;8-;3-/m00001/s1. The number of esters is 1. The van der Waals surface area contributed by atoms with Gasteiger partial charge in [0.05, 0.1) is 24.9 Å². The summed E-state index contributed by atoms with van der Waals surface area (Å²) < 4.78 is 20.1. The number of imide groups is 1.